The molecule has 0 saturated heterocycles. The number of fused-ring (bicyclic) bond motifs is 1. The topological polar surface area (TPSA) is 112 Å². The van der Waals surface area contributed by atoms with Gasteiger partial charge in [0.2, 0.25) is 0 Å². The Morgan fingerprint density at radius 3 is 2.76 bits per heavy atom. The molecule has 1 amide bonds. The molecule has 0 atom stereocenters. The van der Waals surface area contributed by atoms with Gasteiger partial charge in [-0.2, -0.15) is 4.98 Å². The molecule has 1 saturated carbocycles. The maximum absolute atomic E-state index is 13.5. The molecular formula is C26H19ClN6O3S. The molecule has 11 heteroatoms. The minimum Gasteiger partial charge on any atom is -0.496 e. The monoisotopic (exact) mass is 530 g/mol. The third-order valence-corrected chi connectivity index (χ3v) is 7.10. The zero-order valence-corrected chi connectivity index (χ0v) is 21.1. The molecule has 9 nitrogen and oxygen atoms in total. The van der Waals surface area contributed by atoms with E-state index >= 15 is 0 Å². The van der Waals surface area contributed by atoms with Crippen molar-refractivity contribution < 1.29 is 9.53 Å². The summed E-state index contributed by atoms with van der Waals surface area (Å²) in [6.07, 6.45) is 7.03. The number of nitrogens with zero attached hydrogens (tertiary/aromatic N) is 5. The second-order valence-corrected chi connectivity index (χ2v) is 9.93. The van der Waals surface area contributed by atoms with Crippen LogP contribution in [0.25, 0.3) is 27.4 Å². The van der Waals surface area contributed by atoms with Gasteiger partial charge in [-0.1, -0.05) is 29.0 Å². The average Bonchev–Trinajstić information content (AvgIpc) is 3.68. The summed E-state index contributed by atoms with van der Waals surface area (Å²) in [6, 6.07) is 11.6. The van der Waals surface area contributed by atoms with Crippen molar-refractivity contribution in [3.8, 4) is 22.7 Å². The van der Waals surface area contributed by atoms with Gasteiger partial charge < -0.3 is 4.74 Å². The summed E-state index contributed by atoms with van der Waals surface area (Å²) in [4.78, 5) is 44.5. The first kappa shape index (κ1) is 23.3. The number of benzene rings is 1. The first-order valence-corrected chi connectivity index (χ1v) is 12.7. The smallest absolute Gasteiger partial charge is 0.259 e. The lowest BCUT2D eigenvalue weighted by atomic mass is 9.99. The van der Waals surface area contributed by atoms with E-state index in [1.807, 2.05) is 0 Å². The van der Waals surface area contributed by atoms with Crippen molar-refractivity contribution in [1.82, 2.24) is 24.5 Å². The van der Waals surface area contributed by atoms with Gasteiger partial charge in [0.15, 0.2) is 15.6 Å². The number of rotatable bonds is 6. The van der Waals surface area contributed by atoms with Crippen LogP contribution in [-0.2, 0) is 0 Å². The van der Waals surface area contributed by atoms with Gasteiger partial charge >= 0.3 is 0 Å². The molecule has 1 aromatic carbocycles. The normalized spacial score (nSPS) is 13.0. The van der Waals surface area contributed by atoms with Gasteiger partial charge in [-0.05, 0) is 43.2 Å². The highest BCUT2D eigenvalue weighted by Crippen LogP contribution is 2.40. The number of nitrogens with one attached hydrogen (secondary N) is 1. The van der Waals surface area contributed by atoms with Crippen molar-refractivity contribution in [2.24, 2.45) is 0 Å². The molecule has 184 valence electrons. The molecule has 37 heavy (non-hydrogen) atoms. The lowest BCUT2D eigenvalue weighted by molar-refractivity contribution is 0.102. The predicted molar refractivity (Wildman–Crippen MR) is 142 cm³/mol. The highest BCUT2D eigenvalue weighted by atomic mass is 35.5. The number of hydrogen-bond donors (Lipinski definition) is 1. The molecule has 4 heterocycles. The van der Waals surface area contributed by atoms with Gasteiger partial charge in [-0.15, -0.1) is 0 Å². The van der Waals surface area contributed by atoms with Crippen LogP contribution in [0.4, 0.5) is 5.13 Å². The number of amides is 1. The first-order chi connectivity index (χ1) is 18.0. The highest BCUT2D eigenvalue weighted by molar-refractivity contribution is 7.21. The fraction of sp³-hybridized carbons (Fsp3) is 0.154. The van der Waals surface area contributed by atoms with Crippen LogP contribution < -0.4 is 15.6 Å². The number of methoxy groups -OCH3 is 1. The van der Waals surface area contributed by atoms with Gasteiger partial charge in [-0.3, -0.25) is 19.5 Å². The molecule has 1 N–H and O–H groups in total. The Balaban J connectivity index is 1.42. The Kier molecular flexibility index (Phi) is 5.90. The van der Waals surface area contributed by atoms with Crippen LogP contribution in [0.5, 0.6) is 5.75 Å². The van der Waals surface area contributed by atoms with E-state index in [9.17, 15) is 9.59 Å². The quantitative estimate of drug-likeness (QED) is 0.325. The molecule has 1 fully saturated rings. The third kappa shape index (κ3) is 4.56. The van der Waals surface area contributed by atoms with Crippen molar-refractivity contribution in [3.05, 3.63) is 87.7 Å². The van der Waals surface area contributed by atoms with E-state index in [0.29, 0.717) is 49.2 Å². The number of carbonyl (C=O) groups is 1. The molecule has 0 spiro atoms. The summed E-state index contributed by atoms with van der Waals surface area (Å²) in [6.45, 7) is 0. The Morgan fingerprint density at radius 2 is 1.97 bits per heavy atom. The number of hydrogen-bond acceptors (Lipinski definition) is 8. The molecular weight excluding hydrogens is 512 g/mol. The second kappa shape index (κ2) is 9.38. The summed E-state index contributed by atoms with van der Waals surface area (Å²) in [7, 11) is 1.54. The van der Waals surface area contributed by atoms with Crippen molar-refractivity contribution >= 4 is 44.5 Å². The fourth-order valence-corrected chi connectivity index (χ4v) is 4.99. The Hall–Kier alpha value is -4.15. The molecule has 4 aromatic heterocycles. The number of carbonyl (C=O) groups excluding carboxylic acids is 1. The minimum absolute atomic E-state index is 0.253. The maximum atomic E-state index is 13.5. The predicted octanol–water partition coefficient (Wildman–Crippen LogP) is 5.09. The van der Waals surface area contributed by atoms with E-state index in [4.69, 9.17) is 16.3 Å². The lowest BCUT2D eigenvalue weighted by Crippen LogP contribution is -2.18. The standard InChI is InChI=1S/C26H19ClN6O3S/c1-36-20-8-7-15(27)10-17(20)16-11-21(33-9-3-2-4-22(33)34)28-12-18(16)24(35)32-26-31-23-25(37-26)30-19(13-29-23)14-5-6-14/h2-4,7-14H,5-6H2,1H3,(H,29,31,32,35). The van der Waals surface area contributed by atoms with Crippen LogP contribution in [0.2, 0.25) is 5.02 Å². The summed E-state index contributed by atoms with van der Waals surface area (Å²) < 4.78 is 6.94. The maximum Gasteiger partial charge on any atom is 0.259 e. The van der Waals surface area contributed by atoms with Gasteiger partial charge in [0.05, 0.1) is 24.6 Å². The first-order valence-electron chi connectivity index (χ1n) is 11.5. The second-order valence-electron chi connectivity index (χ2n) is 8.51. The van der Waals surface area contributed by atoms with Gasteiger partial charge in [0.1, 0.15) is 11.6 Å². The SMILES string of the molecule is COc1ccc(Cl)cc1-c1cc(-n2ccccc2=O)ncc1C(=O)Nc1nc2ncc(C3CC3)nc2s1. The molecule has 6 rings (SSSR count). The highest BCUT2D eigenvalue weighted by Gasteiger charge is 2.26. The van der Waals surface area contributed by atoms with Crippen LogP contribution >= 0.6 is 22.9 Å². The molecule has 1 aliphatic rings. The summed E-state index contributed by atoms with van der Waals surface area (Å²) in [5, 5.41) is 3.69. The van der Waals surface area contributed by atoms with E-state index in [1.165, 1.54) is 35.3 Å². The Morgan fingerprint density at radius 1 is 1.11 bits per heavy atom. The number of aromatic nitrogens is 5. The van der Waals surface area contributed by atoms with Gasteiger partial charge in [0.25, 0.3) is 11.5 Å². The van der Waals surface area contributed by atoms with Gasteiger partial charge in [-0.25, -0.2) is 15.0 Å². The Labute approximate surface area is 219 Å². The van der Waals surface area contributed by atoms with Crippen molar-refractivity contribution in [2.75, 3.05) is 12.4 Å². The van der Waals surface area contributed by atoms with E-state index in [1.54, 1.807) is 48.8 Å². The van der Waals surface area contributed by atoms with Gasteiger partial charge in [0, 0.05) is 40.5 Å². The zero-order valence-electron chi connectivity index (χ0n) is 19.5. The van der Waals surface area contributed by atoms with Crippen LogP contribution in [0.1, 0.15) is 34.8 Å². The molecule has 0 bridgehead atoms. The van der Waals surface area contributed by atoms with Crippen molar-refractivity contribution in [2.45, 2.75) is 18.8 Å². The molecule has 0 aliphatic heterocycles. The van der Waals surface area contributed by atoms with E-state index in [0.717, 1.165) is 18.5 Å². The van der Waals surface area contributed by atoms with E-state index < -0.39 is 5.91 Å². The van der Waals surface area contributed by atoms with Crippen LogP contribution in [0.15, 0.2) is 65.8 Å². The largest absolute Gasteiger partial charge is 0.496 e. The summed E-state index contributed by atoms with van der Waals surface area (Å²) >= 11 is 7.57. The molecule has 5 aromatic rings. The van der Waals surface area contributed by atoms with Crippen LogP contribution in [0.3, 0.4) is 0 Å². The van der Waals surface area contributed by atoms with Crippen LogP contribution in [-0.4, -0.2) is 37.5 Å². The zero-order chi connectivity index (χ0) is 25.5. The number of pyridine rings is 2. The van der Waals surface area contributed by atoms with E-state index in [2.05, 4.69) is 25.3 Å². The average molecular weight is 531 g/mol. The molecule has 0 radical (unpaired) electrons. The minimum atomic E-state index is -0.432. The molecule has 0 unspecified atom stereocenters. The third-order valence-electron chi connectivity index (χ3n) is 6.01. The number of anilines is 1. The van der Waals surface area contributed by atoms with E-state index in [-0.39, 0.29) is 11.1 Å². The number of halogens is 1. The van der Waals surface area contributed by atoms with Crippen LogP contribution in [0, 0.1) is 0 Å². The Bertz CT molecular complexity index is 1730. The number of ether oxygens (including phenoxy) is 1. The van der Waals surface area contributed by atoms with Crippen molar-refractivity contribution in [3.63, 3.8) is 0 Å². The fourth-order valence-electron chi connectivity index (χ4n) is 4.02. The number of thiazole rings is 1. The molecule has 1 aliphatic carbocycles. The summed E-state index contributed by atoms with van der Waals surface area (Å²) in [5.74, 6) is 0.893. The van der Waals surface area contributed by atoms with Crippen molar-refractivity contribution in [1.29, 1.82) is 0 Å². The lowest BCUT2D eigenvalue weighted by Gasteiger charge is -2.15. The summed E-state index contributed by atoms with van der Waals surface area (Å²) in [5.41, 5.74) is 2.52.